The molecule has 0 aliphatic carbocycles. The Bertz CT molecular complexity index is 312. The Balaban J connectivity index is 2.41. The third-order valence-electron chi connectivity index (χ3n) is 2.23. The topological polar surface area (TPSA) is 64.9 Å². The predicted molar refractivity (Wildman–Crippen MR) is 58.2 cm³/mol. The molecule has 1 atom stereocenters. The van der Waals surface area contributed by atoms with Crippen LogP contribution in [0.4, 0.5) is 18.0 Å². The zero-order valence-corrected chi connectivity index (χ0v) is 10.3. The van der Waals surface area contributed by atoms with Gasteiger partial charge in [-0.25, -0.2) is 4.79 Å². The highest BCUT2D eigenvalue weighted by Gasteiger charge is 2.37. The van der Waals surface area contributed by atoms with Gasteiger partial charge >= 0.3 is 12.3 Å². The molecule has 1 amide bonds. The fraction of sp³-hybridized carbons (Fsp3) is 0.750. The molecule has 0 aromatic rings. The number of carboxylic acid groups (broad SMARTS) is 1. The van der Waals surface area contributed by atoms with Gasteiger partial charge in [-0.05, 0) is 0 Å². The maximum Gasteiger partial charge on any atom is 0.420 e. The highest BCUT2D eigenvalue weighted by molar-refractivity contribution is 9.09. The Kier molecular flexibility index (Phi) is 4.61. The van der Waals surface area contributed by atoms with Crippen LogP contribution in [0.3, 0.4) is 0 Å². The second-order valence-electron chi connectivity index (χ2n) is 3.48. The quantitative estimate of drug-likeness (QED) is 0.465. The van der Waals surface area contributed by atoms with Crippen LogP contribution in [0.1, 0.15) is 12.8 Å². The zero-order valence-electron chi connectivity index (χ0n) is 8.67. The SMILES string of the molecule is O=C(O)N1CCC(=NNC(Br)C(F)(F)F)CC1. The highest BCUT2D eigenvalue weighted by Crippen LogP contribution is 2.24. The minimum Gasteiger partial charge on any atom is -0.465 e. The van der Waals surface area contributed by atoms with Gasteiger partial charge in [0.2, 0.25) is 0 Å². The summed E-state index contributed by atoms with van der Waals surface area (Å²) in [4.78, 5) is 9.89. The molecule has 0 aromatic heterocycles. The van der Waals surface area contributed by atoms with Gasteiger partial charge in [-0.2, -0.15) is 18.3 Å². The first-order valence-electron chi connectivity index (χ1n) is 4.80. The maximum absolute atomic E-state index is 12.1. The summed E-state index contributed by atoms with van der Waals surface area (Å²) in [7, 11) is 0. The van der Waals surface area contributed by atoms with Gasteiger partial charge in [0.15, 0.2) is 4.95 Å². The number of hydrazone groups is 1. The van der Waals surface area contributed by atoms with E-state index in [4.69, 9.17) is 5.11 Å². The number of nitrogens with one attached hydrogen (secondary N) is 1. The highest BCUT2D eigenvalue weighted by atomic mass is 79.9. The molecule has 0 saturated carbocycles. The third-order valence-corrected chi connectivity index (χ3v) is 2.96. The predicted octanol–water partition coefficient (Wildman–Crippen LogP) is 1.99. The Morgan fingerprint density at radius 1 is 1.47 bits per heavy atom. The molecule has 0 radical (unpaired) electrons. The van der Waals surface area contributed by atoms with Gasteiger partial charge in [0.25, 0.3) is 0 Å². The van der Waals surface area contributed by atoms with Gasteiger partial charge in [-0.1, -0.05) is 15.9 Å². The molecule has 0 aromatic carbocycles. The van der Waals surface area contributed by atoms with Crippen LogP contribution in [0.5, 0.6) is 0 Å². The molecule has 1 fully saturated rings. The molecule has 9 heteroatoms. The van der Waals surface area contributed by atoms with Crippen molar-refractivity contribution in [3.05, 3.63) is 0 Å². The number of hydrogen-bond donors (Lipinski definition) is 2. The number of halogens is 4. The van der Waals surface area contributed by atoms with E-state index in [-0.39, 0.29) is 13.1 Å². The number of alkyl halides is 4. The van der Waals surface area contributed by atoms with Crippen molar-refractivity contribution < 1.29 is 23.1 Å². The lowest BCUT2D eigenvalue weighted by molar-refractivity contribution is -0.132. The lowest BCUT2D eigenvalue weighted by Gasteiger charge is -2.25. The van der Waals surface area contributed by atoms with Crippen molar-refractivity contribution in [2.24, 2.45) is 5.10 Å². The first-order valence-corrected chi connectivity index (χ1v) is 5.72. The van der Waals surface area contributed by atoms with Crippen LogP contribution in [-0.2, 0) is 0 Å². The second kappa shape index (κ2) is 5.56. The van der Waals surface area contributed by atoms with Gasteiger partial charge in [0.05, 0.1) is 0 Å². The van der Waals surface area contributed by atoms with Crippen LogP contribution in [0.15, 0.2) is 5.10 Å². The number of carbonyl (C=O) groups is 1. The average Bonchev–Trinajstić information content (AvgIpc) is 2.25. The Morgan fingerprint density at radius 2 is 2.00 bits per heavy atom. The fourth-order valence-electron chi connectivity index (χ4n) is 1.29. The zero-order chi connectivity index (χ0) is 13.1. The summed E-state index contributed by atoms with van der Waals surface area (Å²) in [5, 5.41) is 12.3. The maximum atomic E-state index is 12.1. The minimum absolute atomic E-state index is 0.259. The van der Waals surface area contributed by atoms with Crippen LogP contribution < -0.4 is 5.43 Å². The molecule has 5 nitrogen and oxygen atoms in total. The van der Waals surface area contributed by atoms with Gasteiger partial charge in [-0.15, -0.1) is 0 Å². The summed E-state index contributed by atoms with van der Waals surface area (Å²) in [5.74, 6) is 0. The van der Waals surface area contributed by atoms with E-state index in [2.05, 4.69) is 21.0 Å². The van der Waals surface area contributed by atoms with E-state index >= 15 is 0 Å². The van der Waals surface area contributed by atoms with E-state index in [0.717, 1.165) is 0 Å². The van der Waals surface area contributed by atoms with Crippen molar-refractivity contribution in [2.45, 2.75) is 24.0 Å². The van der Waals surface area contributed by atoms with Crippen molar-refractivity contribution >= 4 is 27.7 Å². The molecule has 0 spiro atoms. The average molecular weight is 318 g/mol. The van der Waals surface area contributed by atoms with Gasteiger partial charge in [0.1, 0.15) is 0 Å². The number of amides is 1. The second-order valence-corrected chi connectivity index (χ2v) is 4.40. The van der Waals surface area contributed by atoms with E-state index in [1.165, 1.54) is 4.90 Å². The van der Waals surface area contributed by atoms with Crippen molar-refractivity contribution in [2.75, 3.05) is 13.1 Å². The first-order chi connectivity index (χ1) is 7.80. The molecule has 17 heavy (non-hydrogen) atoms. The third kappa shape index (κ3) is 4.41. The summed E-state index contributed by atoms with van der Waals surface area (Å²) in [6, 6.07) is 0. The number of likely N-dealkylation sites (tertiary alicyclic amines) is 1. The molecular weight excluding hydrogens is 307 g/mol. The van der Waals surface area contributed by atoms with Crippen LogP contribution in [0.2, 0.25) is 0 Å². The molecule has 2 N–H and O–H groups in total. The fourth-order valence-corrected chi connectivity index (χ4v) is 1.39. The summed E-state index contributed by atoms with van der Waals surface area (Å²) in [5.41, 5.74) is 2.49. The number of piperidine rings is 1. The summed E-state index contributed by atoms with van der Waals surface area (Å²) >= 11 is 2.41. The molecule has 98 valence electrons. The molecule has 1 rings (SSSR count). The van der Waals surface area contributed by atoms with E-state index < -0.39 is 17.2 Å². The number of rotatable bonds is 2. The lowest BCUT2D eigenvalue weighted by Crippen LogP contribution is -2.39. The molecule has 0 bridgehead atoms. The molecule has 1 aliphatic heterocycles. The molecule has 1 aliphatic rings. The standard InChI is InChI=1S/C8H11BrF3N3O2/c9-6(8(10,11)12)14-13-5-1-3-15(4-2-5)7(16)17/h6,14H,1-4H2,(H,16,17). The van der Waals surface area contributed by atoms with Crippen molar-refractivity contribution in [3.63, 3.8) is 0 Å². The first kappa shape index (κ1) is 14.1. The number of nitrogens with zero attached hydrogens (tertiary/aromatic N) is 2. The normalized spacial score (nSPS) is 18.8. The van der Waals surface area contributed by atoms with E-state index in [0.29, 0.717) is 18.6 Å². The Hall–Kier alpha value is -0.990. The van der Waals surface area contributed by atoms with Crippen LogP contribution in [0, 0.1) is 0 Å². The summed E-state index contributed by atoms with van der Waals surface area (Å²) in [6.07, 6.45) is -4.75. The molecule has 1 heterocycles. The minimum atomic E-state index is -4.41. The van der Waals surface area contributed by atoms with E-state index in [1.807, 2.05) is 5.43 Å². The van der Waals surface area contributed by atoms with Crippen molar-refractivity contribution in [3.8, 4) is 0 Å². The lowest BCUT2D eigenvalue weighted by atomic mass is 10.1. The van der Waals surface area contributed by atoms with Crippen molar-refractivity contribution in [1.29, 1.82) is 0 Å². The van der Waals surface area contributed by atoms with Crippen LogP contribution >= 0.6 is 15.9 Å². The molecule has 1 unspecified atom stereocenters. The number of hydrogen-bond acceptors (Lipinski definition) is 3. The summed E-state index contributed by atoms with van der Waals surface area (Å²) in [6.45, 7) is 0.517. The van der Waals surface area contributed by atoms with Crippen LogP contribution in [0.25, 0.3) is 0 Å². The molecule has 1 saturated heterocycles. The monoisotopic (exact) mass is 317 g/mol. The van der Waals surface area contributed by atoms with Gasteiger partial charge in [-0.3, -0.25) is 5.43 Å². The summed E-state index contributed by atoms with van der Waals surface area (Å²) < 4.78 is 36.3. The van der Waals surface area contributed by atoms with E-state index in [9.17, 15) is 18.0 Å². The Morgan fingerprint density at radius 3 is 2.41 bits per heavy atom. The van der Waals surface area contributed by atoms with Gasteiger partial charge in [0, 0.05) is 31.6 Å². The molecular formula is C8H11BrF3N3O2. The van der Waals surface area contributed by atoms with Gasteiger partial charge < -0.3 is 10.0 Å². The van der Waals surface area contributed by atoms with E-state index in [1.54, 1.807) is 0 Å². The van der Waals surface area contributed by atoms with Crippen molar-refractivity contribution in [1.82, 2.24) is 10.3 Å². The largest absolute Gasteiger partial charge is 0.465 e. The van der Waals surface area contributed by atoms with Crippen LogP contribution in [-0.4, -0.2) is 46.0 Å². The Labute approximate surface area is 104 Å². The smallest absolute Gasteiger partial charge is 0.420 e.